The Morgan fingerprint density at radius 1 is 1.06 bits per heavy atom. The number of nitriles is 1. The second-order valence-electron chi connectivity index (χ2n) is 9.43. The summed E-state index contributed by atoms with van der Waals surface area (Å²) in [6.45, 7) is 4.85. The van der Waals surface area contributed by atoms with Gasteiger partial charge < -0.3 is 15.7 Å². The topological polar surface area (TPSA) is 93.9 Å². The first kappa shape index (κ1) is 22.8. The first-order chi connectivity index (χ1) is 15.9. The first-order valence-electron chi connectivity index (χ1n) is 11.5. The van der Waals surface area contributed by atoms with Crippen molar-refractivity contribution in [1.82, 2.24) is 9.97 Å². The molecule has 1 aromatic heterocycles. The van der Waals surface area contributed by atoms with E-state index >= 15 is 0 Å². The van der Waals surface area contributed by atoms with Gasteiger partial charge in [-0.25, -0.2) is 4.98 Å². The molecule has 1 heterocycles. The molecule has 0 radical (unpaired) electrons. The summed E-state index contributed by atoms with van der Waals surface area (Å²) >= 11 is 0. The number of anilines is 2. The number of aromatic nitrogens is 2. The highest BCUT2D eigenvalue weighted by molar-refractivity contribution is 5.63. The van der Waals surface area contributed by atoms with E-state index in [-0.39, 0.29) is 17.6 Å². The lowest BCUT2D eigenvalue weighted by atomic mass is 9.73. The van der Waals surface area contributed by atoms with Crippen LogP contribution in [0.1, 0.15) is 44.2 Å². The monoisotopic (exact) mass is 441 g/mol. The van der Waals surface area contributed by atoms with E-state index in [1.54, 1.807) is 6.20 Å². The summed E-state index contributed by atoms with van der Waals surface area (Å²) < 4.78 is 0. The third-order valence-corrected chi connectivity index (χ3v) is 6.47. The molecule has 3 aromatic rings. The van der Waals surface area contributed by atoms with E-state index in [0.717, 1.165) is 25.7 Å². The maximum Gasteiger partial charge on any atom is 0.224 e. The average molecular weight is 442 g/mol. The van der Waals surface area contributed by atoms with Crippen LogP contribution in [-0.4, -0.2) is 33.8 Å². The molecule has 1 aliphatic carbocycles. The summed E-state index contributed by atoms with van der Waals surface area (Å²) in [6, 6.07) is 21.3. The first-order valence-corrected chi connectivity index (χ1v) is 11.5. The zero-order valence-corrected chi connectivity index (χ0v) is 19.3. The highest BCUT2D eigenvalue weighted by Gasteiger charge is 2.35. The van der Waals surface area contributed by atoms with Crippen LogP contribution >= 0.6 is 0 Å². The van der Waals surface area contributed by atoms with Gasteiger partial charge in [0.05, 0.1) is 12.3 Å². The average Bonchev–Trinajstić information content (AvgIpc) is 2.82. The predicted octanol–water partition coefficient (Wildman–Crippen LogP) is 5.02. The molecule has 0 amide bonds. The Hall–Kier alpha value is -3.43. The fourth-order valence-electron chi connectivity index (χ4n) is 4.41. The van der Waals surface area contributed by atoms with E-state index in [9.17, 15) is 10.4 Å². The van der Waals surface area contributed by atoms with E-state index in [2.05, 4.69) is 76.9 Å². The standard InChI is InChI=1S/C27H31N5O/c1-27(2)16-23(12-13-24(27)33)31-25-22(17-28)18-30-26(32-25)29-15-14-19-8-10-21(11-9-19)20-6-4-3-5-7-20/h3-11,18,23-24,33H,12-16H2,1-2H3,(H2,29,30,31,32)/t23?,24-/m0/s1. The quantitative estimate of drug-likeness (QED) is 0.477. The predicted molar refractivity (Wildman–Crippen MR) is 132 cm³/mol. The molecule has 6 nitrogen and oxygen atoms in total. The summed E-state index contributed by atoms with van der Waals surface area (Å²) in [5.74, 6) is 1.06. The van der Waals surface area contributed by atoms with Gasteiger partial charge in [-0.05, 0) is 47.8 Å². The van der Waals surface area contributed by atoms with Crippen LogP contribution in [0.2, 0.25) is 0 Å². The summed E-state index contributed by atoms with van der Waals surface area (Å²) in [5.41, 5.74) is 3.92. The number of hydrogen-bond donors (Lipinski definition) is 3. The summed E-state index contributed by atoms with van der Waals surface area (Å²) in [6.07, 6.45) is 4.53. The largest absolute Gasteiger partial charge is 0.393 e. The van der Waals surface area contributed by atoms with Crippen LogP contribution in [-0.2, 0) is 6.42 Å². The summed E-state index contributed by atoms with van der Waals surface area (Å²) in [5, 5.41) is 26.4. The van der Waals surface area contributed by atoms with Crippen LogP contribution in [0, 0.1) is 16.7 Å². The van der Waals surface area contributed by atoms with Crippen molar-refractivity contribution in [1.29, 1.82) is 5.26 Å². The van der Waals surface area contributed by atoms with Crippen molar-refractivity contribution >= 4 is 11.8 Å². The molecule has 1 fully saturated rings. The SMILES string of the molecule is CC1(C)CC(Nc2nc(NCCc3ccc(-c4ccccc4)cc3)ncc2C#N)CC[C@@H]1O. The van der Waals surface area contributed by atoms with Crippen LogP contribution < -0.4 is 10.6 Å². The minimum absolute atomic E-state index is 0.160. The third-order valence-electron chi connectivity index (χ3n) is 6.47. The Kier molecular flexibility index (Phi) is 6.90. The second-order valence-corrected chi connectivity index (χ2v) is 9.43. The fourth-order valence-corrected chi connectivity index (χ4v) is 4.41. The van der Waals surface area contributed by atoms with Crippen molar-refractivity contribution in [2.24, 2.45) is 5.41 Å². The van der Waals surface area contributed by atoms with Gasteiger partial charge >= 0.3 is 0 Å². The molecule has 1 saturated carbocycles. The van der Waals surface area contributed by atoms with Gasteiger partial charge in [0.1, 0.15) is 17.5 Å². The molecule has 1 unspecified atom stereocenters. The second kappa shape index (κ2) is 10.0. The van der Waals surface area contributed by atoms with Gasteiger partial charge in [0.25, 0.3) is 0 Å². The van der Waals surface area contributed by atoms with Crippen molar-refractivity contribution in [3.8, 4) is 17.2 Å². The van der Waals surface area contributed by atoms with Crippen LogP contribution in [0.25, 0.3) is 11.1 Å². The summed E-state index contributed by atoms with van der Waals surface area (Å²) in [7, 11) is 0. The van der Waals surface area contributed by atoms with Crippen molar-refractivity contribution in [2.45, 2.75) is 51.7 Å². The lowest BCUT2D eigenvalue weighted by Gasteiger charge is -2.40. The summed E-state index contributed by atoms with van der Waals surface area (Å²) in [4.78, 5) is 8.88. The normalized spacial score (nSPS) is 19.5. The molecule has 2 atom stereocenters. The molecule has 0 spiro atoms. The third kappa shape index (κ3) is 5.68. The van der Waals surface area contributed by atoms with Gasteiger partial charge in [0, 0.05) is 12.6 Å². The molecule has 4 rings (SSSR count). The van der Waals surface area contributed by atoms with Crippen molar-refractivity contribution in [2.75, 3.05) is 17.2 Å². The molecule has 170 valence electrons. The number of rotatable bonds is 7. The van der Waals surface area contributed by atoms with Gasteiger partial charge in [0.2, 0.25) is 5.95 Å². The minimum Gasteiger partial charge on any atom is -0.393 e. The highest BCUT2D eigenvalue weighted by atomic mass is 16.3. The molecule has 6 heteroatoms. The maximum absolute atomic E-state index is 10.2. The Bertz CT molecular complexity index is 1110. The zero-order valence-electron chi connectivity index (χ0n) is 19.3. The molecular weight excluding hydrogens is 410 g/mol. The molecule has 0 bridgehead atoms. The Balaban J connectivity index is 1.35. The molecule has 0 aliphatic heterocycles. The van der Waals surface area contributed by atoms with Gasteiger partial charge in [-0.15, -0.1) is 0 Å². The number of hydrogen-bond acceptors (Lipinski definition) is 6. The van der Waals surface area contributed by atoms with Crippen LogP contribution in [0.4, 0.5) is 11.8 Å². The Morgan fingerprint density at radius 2 is 1.79 bits per heavy atom. The Labute approximate surface area is 195 Å². The maximum atomic E-state index is 10.2. The van der Waals surface area contributed by atoms with Gasteiger partial charge in [-0.3, -0.25) is 0 Å². The molecule has 33 heavy (non-hydrogen) atoms. The van der Waals surface area contributed by atoms with Crippen molar-refractivity contribution in [3.05, 3.63) is 71.9 Å². The highest BCUT2D eigenvalue weighted by Crippen LogP contribution is 2.37. The van der Waals surface area contributed by atoms with Crippen molar-refractivity contribution in [3.63, 3.8) is 0 Å². The molecule has 0 saturated heterocycles. The number of aliphatic hydroxyl groups excluding tert-OH is 1. The van der Waals surface area contributed by atoms with Crippen LogP contribution in [0.3, 0.4) is 0 Å². The zero-order chi connectivity index (χ0) is 23.3. The fraction of sp³-hybridized carbons (Fsp3) is 0.370. The van der Waals surface area contributed by atoms with E-state index < -0.39 is 0 Å². The minimum atomic E-state index is -0.296. The van der Waals surface area contributed by atoms with Gasteiger partial charge in [0.15, 0.2) is 0 Å². The number of nitrogens with zero attached hydrogens (tertiary/aromatic N) is 3. The Morgan fingerprint density at radius 3 is 2.48 bits per heavy atom. The van der Waals surface area contributed by atoms with Gasteiger partial charge in [-0.2, -0.15) is 10.2 Å². The molecule has 1 aliphatic rings. The number of aliphatic hydroxyl groups is 1. The lowest BCUT2D eigenvalue weighted by molar-refractivity contribution is 0.00926. The van der Waals surface area contributed by atoms with E-state index in [0.29, 0.717) is 23.9 Å². The van der Waals surface area contributed by atoms with E-state index in [1.807, 2.05) is 18.2 Å². The number of nitrogens with one attached hydrogen (secondary N) is 2. The molecule has 2 aromatic carbocycles. The number of benzene rings is 2. The van der Waals surface area contributed by atoms with Crippen LogP contribution in [0.15, 0.2) is 60.8 Å². The molecular formula is C27H31N5O. The van der Waals surface area contributed by atoms with E-state index in [4.69, 9.17) is 0 Å². The smallest absolute Gasteiger partial charge is 0.224 e. The van der Waals surface area contributed by atoms with Gasteiger partial charge in [-0.1, -0.05) is 68.4 Å². The van der Waals surface area contributed by atoms with Crippen LogP contribution in [0.5, 0.6) is 0 Å². The van der Waals surface area contributed by atoms with E-state index in [1.165, 1.54) is 16.7 Å². The molecule has 3 N–H and O–H groups in total. The lowest BCUT2D eigenvalue weighted by Crippen LogP contribution is -2.41. The van der Waals surface area contributed by atoms with Crippen molar-refractivity contribution < 1.29 is 5.11 Å².